The van der Waals surface area contributed by atoms with Crippen molar-refractivity contribution in [1.29, 1.82) is 0 Å². The van der Waals surface area contributed by atoms with E-state index in [-0.39, 0.29) is 35.0 Å². The summed E-state index contributed by atoms with van der Waals surface area (Å²) in [5.41, 5.74) is 0. The second-order valence-corrected chi connectivity index (χ2v) is 3.47. The van der Waals surface area contributed by atoms with Crippen molar-refractivity contribution in [2.45, 2.75) is 19.1 Å². The van der Waals surface area contributed by atoms with E-state index in [1.54, 1.807) is 0 Å². The molecular weight excluding hydrogens is 155 g/mol. The van der Waals surface area contributed by atoms with Crippen molar-refractivity contribution in [1.82, 2.24) is 0 Å². The van der Waals surface area contributed by atoms with Crippen LogP contribution in [-0.4, -0.2) is 23.7 Å². The summed E-state index contributed by atoms with van der Waals surface area (Å²) in [6.45, 7) is 2.70. The third-order valence-corrected chi connectivity index (χ3v) is 1.73. The maximum atomic E-state index is 9.78. The zero-order chi connectivity index (χ0) is 6.08. The van der Waals surface area contributed by atoms with Gasteiger partial charge in [-0.25, -0.2) is 8.42 Å². The SMILES string of the molecule is CC(C)S(=O)(=O)[O-].O.[Na+]. The maximum Gasteiger partial charge on any atom is 1.00 e. The molecule has 0 amide bonds. The molecule has 9 heavy (non-hydrogen) atoms. The summed E-state index contributed by atoms with van der Waals surface area (Å²) in [6, 6.07) is 0. The van der Waals surface area contributed by atoms with Crippen LogP contribution in [0.5, 0.6) is 0 Å². The van der Waals surface area contributed by atoms with E-state index >= 15 is 0 Å². The van der Waals surface area contributed by atoms with Crippen molar-refractivity contribution >= 4 is 10.1 Å². The molecule has 0 bridgehead atoms. The molecule has 6 heteroatoms. The third-order valence-electron chi connectivity index (χ3n) is 0.577. The molecule has 4 nitrogen and oxygen atoms in total. The minimum Gasteiger partial charge on any atom is -0.748 e. The number of hydrogen-bond donors (Lipinski definition) is 0. The second-order valence-electron chi connectivity index (χ2n) is 1.54. The quantitative estimate of drug-likeness (QED) is 0.293. The Morgan fingerprint density at radius 1 is 1.33 bits per heavy atom. The summed E-state index contributed by atoms with van der Waals surface area (Å²) < 4.78 is 29.3. The summed E-state index contributed by atoms with van der Waals surface area (Å²) in [5.74, 6) is 0. The van der Waals surface area contributed by atoms with Crippen molar-refractivity contribution in [2.24, 2.45) is 0 Å². The van der Waals surface area contributed by atoms with Crippen LogP contribution in [0.4, 0.5) is 0 Å². The molecule has 0 radical (unpaired) electrons. The minimum atomic E-state index is -3.99. The molecule has 0 unspecified atom stereocenters. The topological polar surface area (TPSA) is 88.7 Å². The van der Waals surface area contributed by atoms with Crippen molar-refractivity contribution in [2.75, 3.05) is 0 Å². The first kappa shape index (κ1) is 16.5. The van der Waals surface area contributed by atoms with Crippen molar-refractivity contribution < 1.29 is 48.0 Å². The van der Waals surface area contributed by atoms with E-state index in [0.29, 0.717) is 0 Å². The summed E-state index contributed by atoms with van der Waals surface area (Å²) in [4.78, 5) is 0. The van der Waals surface area contributed by atoms with E-state index < -0.39 is 15.4 Å². The molecule has 0 fully saturated rings. The largest absolute Gasteiger partial charge is 1.00 e. The third kappa shape index (κ3) is 8.87. The Morgan fingerprint density at radius 3 is 1.44 bits per heavy atom. The molecule has 0 aromatic heterocycles. The van der Waals surface area contributed by atoms with Gasteiger partial charge >= 0.3 is 29.6 Å². The monoisotopic (exact) mass is 164 g/mol. The zero-order valence-electron chi connectivity index (χ0n) is 5.71. The fraction of sp³-hybridized carbons (Fsp3) is 1.00. The van der Waals surface area contributed by atoms with Crippen LogP contribution in [0, 0.1) is 0 Å². The molecule has 0 aliphatic rings. The summed E-state index contributed by atoms with van der Waals surface area (Å²) in [6.07, 6.45) is 0. The van der Waals surface area contributed by atoms with Gasteiger partial charge in [-0.2, -0.15) is 0 Å². The molecule has 2 N–H and O–H groups in total. The van der Waals surface area contributed by atoms with E-state index in [1.165, 1.54) is 13.8 Å². The van der Waals surface area contributed by atoms with E-state index in [4.69, 9.17) is 0 Å². The van der Waals surface area contributed by atoms with Crippen LogP contribution in [0.2, 0.25) is 0 Å². The minimum absolute atomic E-state index is 0. The molecule has 0 heterocycles. The van der Waals surface area contributed by atoms with E-state index in [2.05, 4.69) is 0 Å². The summed E-state index contributed by atoms with van der Waals surface area (Å²) in [5, 5.41) is -0.785. The first-order valence-corrected chi connectivity index (χ1v) is 3.36. The van der Waals surface area contributed by atoms with Crippen LogP contribution in [0.1, 0.15) is 13.8 Å². The fourth-order valence-electron chi connectivity index (χ4n) is 0. The standard InChI is InChI=1S/C3H8O3S.Na.H2O/c1-3(2)7(4,5)6;;/h3H,1-2H3,(H,4,5,6);;1H2/q;+1;/p-1. The van der Waals surface area contributed by atoms with Gasteiger partial charge in [0.25, 0.3) is 0 Å². The Morgan fingerprint density at radius 2 is 1.44 bits per heavy atom. The van der Waals surface area contributed by atoms with Crippen molar-refractivity contribution in [3.63, 3.8) is 0 Å². The van der Waals surface area contributed by atoms with E-state index in [0.717, 1.165) is 0 Å². The van der Waals surface area contributed by atoms with E-state index in [9.17, 15) is 13.0 Å². The van der Waals surface area contributed by atoms with Gasteiger partial charge in [0.2, 0.25) is 0 Å². The second kappa shape index (κ2) is 5.64. The van der Waals surface area contributed by atoms with Gasteiger partial charge in [-0.3, -0.25) is 0 Å². The molecule has 0 atom stereocenters. The van der Waals surface area contributed by atoms with Crippen LogP contribution in [0.3, 0.4) is 0 Å². The van der Waals surface area contributed by atoms with Gasteiger partial charge in [-0.05, 0) is 13.8 Å². The van der Waals surface area contributed by atoms with Gasteiger partial charge in [0.15, 0.2) is 0 Å². The predicted molar refractivity (Wildman–Crippen MR) is 28.4 cm³/mol. The Kier molecular flexibility index (Phi) is 10.3. The van der Waals surface area contributed by atoms with Gasteiger partial charge in [-0.1, -0.05) is 0 Å². The number of hydrogen-bond acceptors (Lipinski definition) is 3. The van der Waals surface area contributed by atoms with Crippen LogP contribution < -0.4 is 29.6 Å². The Hall–Kier alpha value is 0.870. The molecule has 0 aromatic carbocycles. The van der Waals surface area contributed by atoms with Crippen molar-refractivity contribution in [3.8, 4) is 0 Å². The van der Waals surface area contributed by atoms with Crippen LogP contribution >= 0.6 is 0 Å². The molecular formula is C3H9NaO4S. The first-order valence-electron chi connectivity index (χ1n) is 1.89. The maximum absolute atomic E-state index is 9.78. The van der Waals surface area contributed by atoms with Gasteiger partial charge < -0.3 is 10.0 Å². The Balaban J connectivity index is -0.000000180. The molecule has 0 aliphatic heterocycles. The van der Waals surface area contributed by atoms with Crippen LogP contribution in [0.25, 0.3) is 0 Å². The Bertz CT molecular complexity index is 138. The van der Waals surface area contributed by atoms with Crippen LogP contribution in [-0.2, 0) is 10.1 Å². The molecule has 0 aliphatic carbocycles. The smallest absolute Gasteiger partial charge is 0.748 e. The van der Waals surface area contributed by atoms with Gasteiger partial charge in [0.1, 0.15) is 0 Å². The summed E-state index contributed by atoms with van der Waals surface area (Å²) >= 11 is 0. The molecule has 0 saturated carbocycles. The average molecular weight is 164 g/mol. The predicted octanol–water partition coefficient (Wildman–Crippen LogP) is -3.88. The van der Waals surface area contributed by atoms with Crippen LogP contribution in [0.15, 0.2) is 0 Å². The Labute approximate surface area is 77.0 Å². The molecule has 0 saturated heterocycles. The molecule has 0 aromatic rings. The first-order chi connectivity index (χ1) is 2.94. The molecule has 0 spiro atoms. The van der Waals surface area contributed by atoms with Gasteiger partial charge in [0, 0.05) is 5.25 Å². The number of rotatable bonds is 1. The fourth-order valence-corrected chi connectivity index (χ4v) is 0. The molecule has 52 valence electrons. The normalized spacial score (nSPS) is 9.78. The molecule has 0 rings (SSSR count). The van der Waals surface area contributed by atoms with E-state index in [1.807, 2.05) is 0 Å². The average Bonchev–Trinajstić information content (AvgIpc) is 1.31. The summed E-state index contributed by atoms with van der Waals surface area (Å²) in [7, 11) is -3.99. The zero-order valence-corrected chi connectivity index (χ0v) is 8.53. The van der Waals surface area contributed by atoms with Crippen molar-refractivity contribution in [3.05, 3.63) is 0 Å². The van der Waals surface area contributed by atoms with Gasteiger partial charge in [0.05, 0.1) is 10.1 Å². The van der Waals surface area contributed by atoms with Gasteiger partial charge in [-0.15, -0.1) is 0 Å².